The molecule has 0 amide bonds. The number of aliphatic hydroxyl groups is 2. The molecule has 0 aromatic rings. The van der Waals surface area contributed by atoms with Crippen LogP contribution >= 0.6 is 0 Å². The van der Waals surface area contributed by atoms with Crippen molar-refractivity contribution in [2.24, 2.45) is 0 Å². The van der Waals surface area contributed by atoms with E-state index >= 15 is 0 Å². The highest BCUT2D eigenvalue weighted by molar-refractivity contribution is 4.57. The standard InChI is InChI=1S/C9H18O3/c1-2-12-8-9(11)6-4-3-5-7-10/h2,9-11H,1,3-8H2. The lowest BCUT2D eigenvalue weighted by atomic mass is 10.1. The summed E-state index contributed by atoms with van der Waals surface area (Å²) < 4.78 is 4.82. The molecule has 0 fully saturated rings. The van der Waals surface area contributed by atoms with E-state index in [1.807, 2.05) is 0 Å². The molecule has 1 atom stereocenters. The maximum Gasteiger partial charge on any atom is 0.113 e. The van der Waals surface area contributed by atoms with E-state index in [1.165, 1.54) is 6.26 Å². The highest BCUT2D eigenvalue weighted by Gasteiger charge is 2.02. The predicted octanol–water partition coefficient (Wildman–Crippen LogP) is 1.06. The van der Waals surface area contributed by atoms with E-state index in [-0.39, 0.29) is 6.61 Å². The van der Waals surface area contributed by atoms with Gasteiger partial charge in [-0.15, -0.1) is 0 Å². The summed E-state index contributed by atoms with van der Waals surface area (Å²) >= 11 is 0. The summed E-state index contributed by atoms with van der Waals surface area (Å²) in [5.74, 6) is 0. The van der Waals surface area contributed by atoms with E-state index in [4.69, 9.17) is 9.84 Å². The van der Waals surface area contributed by atoms with Gasteiger partial charge in [0.15, 0.2) is 0 Å². The molecule has 1 unspecified atom stereocenters. The highest BCUT2D eigenvalue weighted by Crippen LogP contribution is 2.03. The summed E-state index contributed by atoms with van der Waals surface area (Å²) in [5, 5.41) is 17.7. The molecule has 0 spiro atoms. The molecular formula is C9H18O3. The van der Waals surface area contributed by atoms with Gasteiger partial charge in [0, 0.05) is 6.61 Å². The fourth-order valence-electron chi connectivity index (χ4n) is 0.931. The minimum absolute atomic E-state index is 0.235. The molecule has 0 aliphatic rings. The van der Waals surface area contributed by atoms with E-state index in [2.05, 4.69) is 6.58 Å². The van der Waals surface area contributed by atoms with Crippen molar-refractivity contribution >= 4 is 0 Å². The fraction of sp³-hybridized carbons (Fsp3) is 0.778. The lowest BCUT2D eigenvalue weighted by Crippen LogP contribution is -2.13. The summed E-state index contributed by atoms with van der Waals surface area (Å²) in [4.78, 5) is 0. The summed E-state index contributed by atoms with van der Waals surface area (Å²) in [6.45, 7) is 3.93. The van der Waals surface area contributed by atoms with Gasteiger partial charge in [0.2, 0.25) is 0 Å². The van der Waals surface area contributed by atoms with Crippen molar-refractivity contribution in [1.29, 1.82) is 0 Å². The van der Waals surface area contributed by atoms with Gasteiger partial charge in [-0.1, -0.05) is 19.4 Å². The smallest absolute Gasteiger partial charge is 0.113 e. The third kappa shape index (κ3) is 7.57. The largest absolute Gasteiger partial charge is 0.499 e. The average molecular weight is 174 g/mol. The summed E-state index contributed by atoms with van der Waals surface area (Å²) in [7, 11) is 0. The summed E-state index contributed by atoms with van der Waals surface area (Å²) in [6.07, 6.45) is 4.37. The third-order valence-corrected chi connectivity index (χ3v) is 1.60. The monoisotopic (exact) mass is 174 g/mol. The zero-order valence-corrected chi connectivity index (χ0v) is 7.41. The van der Waals surface area contributed by atoms with Crippen molar-refractivity contribution in [3.8, 4) is 0 Å². The molecule has 3 heteroatoms. The number of aliphatic hydroxyl groups excluding tert-OH is 2. The second-order valence-corrected chi connectivity index (χ2v) is 2.73. The molecule has 0 heterocycles. The van der Waals surface area contributed by atoms with Crippen LogP contribution in [0.2, 0.25) is 0 Å². The third-order valence-electron chi connectivity index (χ3n) is 1.60. The van der Waals surface area contributed by atoms with Crippen LogP contribution in [0.1, 0.15) is 25.7 Å². The van der Waals surface area contributed by atoms with E-state index in [0.29, 0.717) is 6.61 Å². The van der Waals surface area contributed by atoms with Crippen LogP contribution in [0, 0.1) is 0 Å². The molecule has 0 aliphatic carbocycles. The highest BCUT2D eigenvalue weighted by atomic mass is 16.5. The number of unbranched alkanes of at least 4 members (excludes halogenated alkanes) is 2. The number of ether oxygens (including phenoxy) is 1. The Morgan fingerprint density at radius 3 is 2.67 bits per heavy atom. The van der Waals surface area contributed by atoms with Gasteiger partial charge >= 0.3 is 0 Å². The van der Waals surface area contributed by atoms with Crippen molar-refractivity contribution in [3.05, 3.63) is 12.8 Å². The molecule has 2 N–H and O–H groups in total. The quantitative estimate of drug-likeness (QED) is 0.427. The molecule has 0 saturated carbocycles. The first kappa shape index (κ1) is 11.5. The van der Waals surface area contributed by atoms with Crippen LogP contribution in [0.25, 0.3) is 0 Å². The first-order valence-electron chi connectivity index (χ1n) is 4.32. The second-order valence-electron chi connectivity index (χ2n) is 2.73. The number of hydrogen-bond donors (Lipinski definition) is 2. The zero-order valence-electron chi connectivity index (χ0n) is 7.41. The Hall–Kier alpha value is -0.540. The van der Waals surface area contributed by atoms with Gasteiger partial charge in [0.1, 0.15) is 6.61 Å². The van der Waals surface area contributed by atoms with Gasteiger partial charge in [0.05, 0.1) is 12.4 Å². The number of rotatable bonds is 8. The summed E-state index contributed by atoms with van der Waals surface area (Å²) in [6, 6.07) is 0. The SMILES string of the molecule is C=COCC(O)CCCCCO. The Bertz CT molecular complexity index is 104. The van der Waals surface area contributed by atoms with Gasteiger partial charge in [-0.25, -0.2) is 0 Å². The minimum Gasteiger partial charge on any atom is -0.499 e. The molecule has 0 saturated heterocycles. The predicted molar refractivity (Wildman–Crippen MR) is 47.7 cm³/mol. The molecule has 0 radical (unpaired) electrons. The average Bonchev–Trinajstić information content (AvgIpc) is 2.09. The maximum atomic E-state index is 9.24. The molecule has 0 aromatic heterocycles. The van der Waals surface area contributed by atoms with E-state index < -0.39 is 6.10 Å². The molecule has 0 aromatic carbocycles. The summed E-state index contributed by atoms with van der Waals surface area (Å²) in [5.41, 5.74) is 0. The van der Waals surface area contributed by atoms with Gasteiger partial charge in [-0.05, 0) is 12.8 Å². The lowest BCUT2D eigenvalue weighted by molar-refractivity contribution is 0.0759. The Labute approximate surface area is 73.7 Å². The molecule has 0 aliphatic heterocycles. The van der Waals surface area contributed by atoms with Gasteiger partial charge in [-0.2, -0.15) is 0 Å². The number of hydrogen-bond acceptors (Lipinski definition) is 3. The molecule has 0 rings (SSSR count). The zero-order chi connectivity index (χ0) is 9.23. The second kappa shape index (κ2) is 8.56. The van der Waals surface area contributed by atoms with Crippen LogP contribution in [0.4, 0.5) is 0 Å². The maximum absolute atomic E-state index is 9.24. The normalized spacial score (nSPS) is 12.5. The van der Waals surface area contributed by atoms with Gasteiger partial charge in [0.25, 0.3) is 0 Å². The van der Waals surface area contributed by atoms with Crippen molar-refractivity contribution in [2.75, 3.05) is 13.2 Å². The van der Waals surface area contributed by atoms with Crippen LogP contribution in [-0.2, 0) is 4.74 Å². The molecule has 72 valence electrons. The van der Waals surface area contributed by atoms with Crippen LogP contribution in [0.15, 0.2) is 12.8 Å². The molecular weight excluding hydrogens is 156 g/mol. The van der Waals surface area contributed by atoms with E-state index in [1.54, 1.807) is 0 Å². The van der Waals surface area contributed by atoms with Crippen molar-refractivity contribution < 1.29 is 14.9 Å². The first-order valence-corrected chi connectivity index (χ1v) is 4.32. The Morgan fingerprint density at radius 1 is 1.33 bits per heavy atom. The first-order chi connectivity index (χ1) is 5.81. The van der Waals surface area contributed by atoms with Crippen LogP contribution < -0.4 is 0 Å². The molecule has 12 heavy (non-hydrogen) atoms. The molecule has 0 bridgehead atoms. The molecule has 3 nitrogen and oxygen atoms in total. The van der Waals surface area contributed by atoms with Crippen LogP contribution in [0.5, 0.6) is 0 Å². The fourth-order valence-corrected chi connectivity index (χ4v) is 0.931. The van der Waals surface area contributed by atoms with Crippen LogP contribution in [0.3, 0.4) is 0 Å². The topological polar surface area (TPSA) is 49.7 Å². The Morgan fingerprint density at radius 2 is 2.08 bits per heavy atom. The minimum atomic E-state index is -0.401. The van der Waals surface area contributed by atoms with Gasteiger partial charge in [-0.3, -0.25) is 0 Å². The van der Waals surface area contributed by atoms with Crippen LogP contribution in [-0.4, -0.2) is 29.5 Å². The van der Waals surface area contributed by atoms with Crippen molar-refractivity contribution in [3.63, 3.8) is 0 Å². The van der Waals surface area contributed by atoms with E-state index in [0.717, 1.165) is 25.7 Å². The van der Waals surface area contributed by atoms with Gasteiger partial charge < -0.3 is 14.9 Å². The Balaban J connectivity index is 3.07. The van der Waals surface area contributed by atoms with Crippen molar-refractivity contribution in [1.82, 2.24) is 0 Å². The van der Waals surface area contributed by atoms with E-state index in [9.17, 15) is 5.11 Å². The lowest BCUT2D eigenvalue weighted by Gasteiger charge is -2.08. The Kier molecular flexibility index (Phi) is 8.17. The van der Waals surface area contributed by atoms with Crippen molar-refractivity contribution in [2.45, 2.75) is 31.8 Å².